The number of benzene rings is 3. The Bertz CT molecular complexity index is 1580. The second-order valence-corrected chi connectivity index (χ2v) is 10.4. The van der Waals surface area contributed by atoms with Crippen LogP contribution in [-0.2, 0) is 22.6 Å². The van der Waals surface area contributed by atoms with Crippen molar-refractivity contribution in [3.63, 3.8) is 0 Å². The highest BCUT2D eigenvalue weighted by Crippen LogP contribution is 2.26. The molecule has 4 aromatic rings. The van der Waals surface area contributed by atoms with Crippen molar-refractivity contribution in [2.75, 3.05) is 30.4 Å². The van der Waals surface area contributed by atoms with E-state index in [-0.39, 0.29) is 24.5 Å². The highest BCUT2D eigenvalue weighted by molar-refractivity contribution is 6.30. The Morgan fingerprint density at radius 2 is 1.88 bits per heavy atom. The summed E-state index contributed by atoms with van der Waals surface area (Å²) in [5.41, 5.74) is 3.86. The first-order valence-corrected chi connectivity index (χ1v) is 13.8. The monoisotopic (exact) mass is 589 g/mol. The van der Waals surface area contributed by atoms with E-state index in [1.165, 1.54) is 18.2 Å². The number of rotatable bonds is 11. The molecule has 2 heterocycles. The Morgan fingerprint density at radius 3 is 2.62 bits per heavy atom. The predicted molar refractivity (Wildman–Crippen MR) is 159 cm³/mol. The topological polar surface area (TPSA) is 110 Å². The summed E-state index contributed by atoms with van der Waals surface area (Å²) >= 11 is 5.81. The van der Waals surface area contributed by atoms with E-state index in [1.807, 2.05) is 30.3 Å². The third kappa shape index (κ3) is 7.63. The van der Waals surface area contributed by atoms with Crippen molar-refractivity contribution in [3.8, 4) is 17.1 Å². The molecule has 216 valence electrons. The van der Waals surface area contributed by atoms with Gasteiger partial charge in [0, 0.05) is 41.3 Å². The summed E-state index contributed by atoms with van der Waals surface area (Å²) in [6.45, 7) is 1.99. The summed E-state index contributed by atoms with van der Waals surface area (Å²) in [4.78, 5) is 28.9. The van der Waals surface area contributed by atoms with Gasteiger partial charge < -0.3 is 25.2 Å². The minimum atomic E-state index is -1.04. The number of nitrogens with one attached hydrogen (secondary N) is 2. The van der Waals surface area contributed by atoms with Gasteiger partial charge >= 0.3 is 5.97 Å². The van der Waals surface area contributed by atoms with E-state index in [4.69, 9.17) is 21.1 Å². The lowest BCUT2D eigenvalue weighted by molar-refractivity contribution is -0.115. The van der Waals surface area contributed by atoms with Crippen molar-refractivity contribution in [2.45, 2.75) is 19.4 Å². The van der Waals surface area contributed by atoms with E-state index in [0.29, 0.717) is 59.2 Å². The molecule has 1 aliphatic rings. The number of aromatic nitrogens is 1. The smallest absolute Gasteiger partial charge is 0.335 e. The SMILES string of the molecule is O=C(Cc1ccc(-c2cccc(OCc3ccc(Cl)cc3F)n2)cc1)Nc1ccc(C(=O)O)cc1NC[C@H]1CCOC1. The number of hydrogen-bond donors (Lipinski definition) is 3. The molecule has 0 unspecified atom stereocenters. The maximum absolute atomic E-state index is 14.1. The van der Waals surface area contributed by atoms with Gasteiger partial charge in [0.1, 0.15) is 12.4 Å². The molecule has 0 spiro atoms. The Hall–Kier alpha value is -4.47. The van der Waals surface area contributed by atoms with Gasteiger partial charge in [0.15, 0.2) is 0 Å². The first-order valence-electron chi connectivity index (χ1n) is 13.5. The average Bonchev–Trinajstić information content (AvgIpc) is 3.50. The number of carboxylic acid groups (broad SMARTS) is 1. The lowest BCUT2D eigenvalue weighted by Gasteiger charge is -2.16. The molecule has 8 nitrogen and oxygen atoms in total. The maximum atomic E-state index is 14.1. The zero-order valence-corrected chi connectivity index (χ0v) is 23.4. The normalized spacial score (nSPS) is 14.4. The summed E-state index contributed by atoms with van der Waals surface area (Å²) < 4.78 is 25.2. The standard InChI is InChI=1S/C32H29ClFN3O5/c33-25-10-8-24(26(34)16-25)19-42-31-3-1-2-27(37-31)22-6-4-20(5-7-22)14-30(38)36-28-11-9-23(32(39)40)15-29(28)35-17-21-12-13-41-18-21/h1-11,15-16,21,35H,12-14,17-19H2,(H,36,38)(H,39,40)/t21-/m1/s1. The van der Waals surface area contributed by atoms with Gasteiger partial charge in [-0.25, -0.2) is 14.2 Å². The number of ether oxygens (including phenoxy) is 2. The molecular formula is C32H29ClFN3O5. The fraction of sp³-hybridized carbons (Fsp3) is 0.219. The number of halogens is 2. The number of carboxylic acids is 1. The third-order valence-corrected chi connectivity index (χ3v) is 7.11. The maximum Gasteiger partial charge on any atom is 0.335 e. The van der Waals surface area contributed by atoms with Crippen LogP contribution in [-0.4, -0.2) is 41.7 Å². The zero-order chi connectivity index (χ0) is 29.5. The summed E-state index contributed by atoms with van der Waals surface area (Å²) in [7, 11) is 0. The molecule has 5 rings (SSSR count). The highest BCUT2D eigenvalue weighted by Gasteiger charge is 2.17. The van der Waals surface area contributed by atoms with Crippen LogP contribution in [0.4, 0.5) is 15.8 Å². The van der Waals surface area contributed by atoms with E-state index in [2.05, 4.69) is 15.6 Å². The minimum Gasteiger partial charge on any atom is -0.478 e. The van der Waals surface area contributed by atoms with Crippen LogP contribution in [0.5, 0.6) is 5.88 Å². The van der Waals surface area contributed by atoms with Crippen LogP contribution in [0.2, 0.25) is 5.02 Å². The fourth-order valence-electron chi connectivity index (χ4n) is 4.55. The Labute approximate surface area is 247 Å². The number of amides is 1. The van der Waals surface area contributed by atoms with Crippen LogP contribution in [0.1, 0.15) is 27.9 Å². The van der Waals surface area contributed by atoms with Gasteiger partial charge in [-0.1, -0.05) is 48.0 Å². The molecule has 0 bridgehead atoms. The van der Waals surface area contributed by atoms with Gasteiger partial charge in [0.25, 0.3) is 0 Å². The number of aromatic carboxylic acids is 1. The quantitative estimate of drug-likeness (QED) is 0.184. The number of pyridine rings is 1. The molecule has 1 saturated heterocycles. The Morgan fingerprint density at radius 1 is 1.05 bits per heavy atom. The molecule has 3 N–H and O–H groups in total. The summed E-state index contributed by atoms with van der Waals surface area (Å²) in [6, 6.07) is 21.8. The molecule has 0 radical (unpaired) electrons. The second kappa shape index (κ2) is 13.5. The van der Waals surface area contributed by atoms with Crippen molar-refractivity contribution in [1.82, 2.24) is 4.98 Å². The molecule has 10 heteroatoms. The van der Waals surface area contributed by atoms with Crippen molar-refractivity contribution in [3.05, 3.63) is 106 Å². The molecule has 3 aromatic carbocycles. The minimum absolute atomic E-state index is 0.0127. The molecule has 1 aliphatic heterocycles. The van der Waals surface area contributed by atoms with Crippen LogP contribution >= 0.6 is 11.6 Å². The number of nitrogens with zero attached hydrogens (tertiary/aromatic N) is 1. The molecule has 0 saturated carbocycles. The van der Waals surface area contributed by atoms with Crippen molar-refractivity contribution < 1.29 is 28.6 Å². The third-order valence-electron chi connectivity index (χ3n) is 6.87. The molecule has 1 fully saturated rings. The first-order chi connectivity index (χ1) is 20.3. The second-order valence-electron chi connectivity index (χ2n) is 9.98. The fourth-order valence-corrected chi connectivity index (χ4v) is 4.71. The predicted octanol–water partition coefficient (Wildman–Crippen LogP) is 6.45. The van der Waals surface area contributed by atoms with E-state index in [9.17, 15) is 19.1 Å². The van der Waals surface area contributed by atoms with E-state index >= 15 is 0 Å². The van der Waals surface area contributed by atoms with Gasteiger partial charge in [-0.05, 0) is 48.4 Å². The zero-order valence-electron chi connectivity index (χ0n) is 22.6. The molecule has 1 amide bonds. The van der Waals surface area contributed by atoms with Gasteiger partial charge in [-0.2, -0.15) is 0 Å². The number of carbonyl (C=O) groups excluding carboxylic acids is 1. The Balaban J connectivity index is 1.21. The molecule has 0 aliphatic carbocycles. The molecule has 1 aromatic heterocycles. The lowest BCUT2D eigenvalue weighted by Crippen LogP contribution is -2.19. The van der Waals surface area contributed by atoms with E-state index < -0.39 is 11.8 Å². The van der Waals surface area contributed by atoms with Gasteiger partial charge in [0.2, 0.25) is 11.8 Å². The van der Waals surface area contributed by atoms with E-state index in [0.717, 1.165) is 17.5 Å². The highest BCUT2D eigenvalue weighted by atomic mass is 35.5. The van der Waals surface area contributed by atoms with Crippen molar-refractivity contribution in [2.24, 2.45) is 5.92 Å². The summed E-state index contributed by atoms with van der Waals surface area (Å²) in [6.07, 6.45) is 1.06. The lowest BCUT2D eigenvalue weighted by atomic mass is 10.1. The van der Waals surface area contributed by atoms with Crippen LogP contribution in [0.15, 0.2) is 78.9 Å². The van der Waals surface area contributed by atoms with Crippen molar-refractivity contribution in [1.29, 1.82) is 0 Å². The summed E-state index contributed by atoms with van der Waals surface area (Å²) in [5, 5.41) is 15.9. The number of carbonyl (C=O) groups is 2. The van der Waals surface area contributed by atoms with Crippen LogP contribution < -0.4 is 15.4 Å². The van der Waals surface area contributed by atoms with Gasteiger partial charge in [0.05, 0.1) is 35.7 Å². The first kappa shape index (κ1) is 29.0. The average molecular weight is 590 g/mol. The Kier molecular flexibility index (Phi) is 9.31. The van der Waals surface area contributed by atoms with Crippen LogP contribution in [0.25, 0.3) is 11.3 Å². The van der Waals surface area contributed by atoms with Crippen LogP contribution in [0, 0.1) is 11.7 Å². The summed E-state index contributed by atoms with van der Waals surface area (Å²) in [5.74, 6) is -1.04. The molecular weight excluding hydrogens is 561 g/mol. The van der Waals surface area contributed by atoms with Gasteiger partial charge in [-0.15, -0.1) is 0 Å². The van der Waals surface area contributed by atoms with Crippen LogP contribution in [0.3, 0.4) is 0 Å². The van der Waals surface area contributed by atoms with E-state index in [1.54, 1.807) is 30.3 Å². The number of hydrogen-bond acceptors (Lipinski definition) is 6. The molecule has 42 heavy (non-hydrogen) atoms. The largest absolute Gasteiger partial charge is 0.478 e. The number of anilines is 2. The van der Waals surface area contributed by atoms with Gasteiger partial charge in [-0.3, -0.25) is 4.79 Å². The van der Waals surface area contributed by atoms with Crippen molar-refractivity contribution >= 4 is 34.9 Å². The molecule has 1 atom stereocenters.